The van der Waals surface area contributed by atoms with Crippen molar-refractivity contribution in [1.82, 2.24) is 0 Å². The molecule has 2 aliphatic rings. The molecule has 8 aromatic rings. The summed E-state index contributed by atoms with van der Waals surface area (Å²) in [6.45, 7) is -6.73. The minimum Gasteiger partial charge on any atom is -0.310 e. The fourth-order valence-electron chi connectivity index (χ4n) is 6.48. The van der Waals surface area contributed by atoms with Crippen molar-refractivity contribution >= 4 is 17.1 Å². The molecular formula is C52H39N. The summed E-state index contributed by atoms with van der Waals surface area (Å²) >= 11 is 0. The molecule has 0 N–H and O–H groups in total. The van der Waals surface area contributed by atoms with Crippen LogP contribution < -0.4 is 4.90 Å². The summed E-state index contributed by atoms with van der Waals surface area (Å²) in [7, 11) is 0. The van der Waals surface area contributed by atoms with Gasteiger partial charge in [0.25, 0.3) is 0 Å². The zero-order valence-electron chi connectivity index (χ0n) is 62.0. The van der Waals surface area contributed by atoms with Crippen LogP contribution in [0.5, 0.6) is 0 Å². The first-order valence-electron chi connectivity index (χ1n) is 33.2. The third-order valence-corrected chi connectivity index (χ3v) is 8.80. The summed E-state index contributed by atoms with van der Waals surface area (Å²) in [5.41, 5.74) is -21.2. The van der Waals surface area contributed by atoms with Crippen LogP contribution in [0.3, 0.4) is 0 Å². The highest BCUT2D eigenvalue weighted by atomic mass is 15.1. The molecule has 53 heavy (non-hydrogen) atoms. The fraction of sp³-hybridized carbons (Fsp3) is 0.0769. The van der Waals surface area contributed by atoms with Crippen LogP contribution in [0.2, 0.25) is 0 Å². The third kappa shape index (κ3) is 4.92. The van der Waals surface area contributed by atoms with E-state index in [0.717, 1.165) is 6.92 Å². The Morgan fingerprint density at radius 1 is 0.434 bits per heavy atom. The molecule has 0 saturated carbocycles. The maximum atomic E-state index is 10.0. The van der Waals surface area contributed by atoms with Gasteiger partial charge in [-0.25, -0.2) is 0 Å². The molecule has 0 unspecified atom stereocenters. The maximum Gasteiger partial charge on any atom is 0.0645 e. The normalized spacial score (nSPS) is 22.8. The molecular weight excluding hydrogens is 639 g/mol. The molecule has 0 heterocycles. The maximum absolute atomic E-state index is 10.0. The molecule has 0 amide bonds. The van der Waals surface area contributed by atoms with Crippen LogP contribution in [-0.4, -0.2) is 0 Å². The van der Waals surface area contributed by atoms with E-state index in [-0.39, 0.29) is 5.56 Å². The van der Waals surface area contributed by atoms with E-state index in [1.54, 1.807) is 0 Å². The van der Waals surface area contributed by atoms with Gasteiger partial charge >= 0.3 is 0 Å². The average Bonchev–Trinajstić information content (AvgIpc) is 1.39. The van der Waals surface area contributed by atoms with Crippen molar-refractivity contribution in [3.8, 4) is 66.8 Å². The summed E-state index contributed by atoms with van der Waals surface area (Å²) in [6.07, 6.45) is 0. The van der Waals surface area contributed by atoms with Gasteiger partial charge in [0, 0.05) is 30.6 Å². The monoisotopic (exact) mass is 713 g/mol. The lowest BCUT2D eigenvalue weighted by atomic mass is 9.80. The van der Waals surface area contributed by atoms with E-state index in [4.69, 9.17) is 24.7 Å². The smallest absolute Gasteiger partial charge is 0.0645 e. The average molecular weight is 713 g/mol. The Bertz CT molecular complexity index is 4510. The van der Waals surface area contributed by atoms with E-state index in [1.807, 2.05) is 0 Å². The molecule has 0 aliphatic heterocycles. The van der Waals surface area contributed by atoms with E-state index in [2.05, 4.69) is 0 Å². The lowest BCUT2D eigenvalue weighted by Gasteiger charge is -2.32. The van der Waals surface area contributed by atoms with Crippen LogP contribution in [0.15, 0.2) is 181 Å². The van der Waals surface area contributed by atoms with Crippen LogP contribution >= 0.6 is 0 Å². The molecule has 0 bridgehead atoms. The van der Waals surface area contributed by atoms with Gasteiger partial charge in [0.1, 0.15) is 0 Å². The van der Waals surface area contributed by atoms with Crippen molar-refractivity contribution in [3.05, 3.63) is 198 Å². The van der Waals surface area contributed by atoms with E-state index in [0.29, 0.717) is 11.0 Å². The second-order valence-corrected chi connectivity index (χ2v) is 11.9. The standard InChI is InChI=1S/C52H39N/c1-34-24-31-48-47(32-34)44-30-29-38(33-49(44)52(48,2)3)53(37-27-25-36(26-28-37)35-14-5-4-6-15-35)50-23-13-22-46-43-19-10-9-18-41(43)39-16-7-8-17-40(39)42-20-11-12-21-45(42)51(46)50/h4-33H,1-3H3/i2D3,3D3,4D,5D,6D,7D,8D,9D,10D,11D,12D,13D,14D,15D,16D,17D,18D,19D,20D,21D,22D,23D,24D,25D,26D,27D,28D,29D,30D,31D,32D. The summed E-state index contributed by atoms with van der Waals surface area (Å²) in [4.78, 5) is 0.308. The van der Waals surface area contributed by atoms with Crippen LogP contribution in [0.4, 0.5) is 17.1 Å². The fourth-order valence-corrected chi connectivity index (χ4v) is 6.48. The molecule has 0 spiro atoms. The number of fused-ring (bicyclic) bond motifs is 11. The Morgan fingerprint density at radius 3 is 1.64 bits per heavy atom. The minimum atomic E-state index is -3.95. The predicted octanol–water partition coefficient (Wildman–Crippen LogP) is 14.4. The Kier molecular flexibility index (Phi) is 2.68. The van der Waals surface area contributed by atoms with E-state index in [9.17, 15) is 23.3 Å². The highest BCUT2D eigenvalue weighted by Gasteiger charge is 2.36. The third-order valence-electron chi connectivity index (χ3n) is 8.80. The van der Waals surface area contributed by atoms with Crippen LogP contribution in [0.25, 0.3) is 66.8 Å². The van der Waals surface area contributed by atoms with Gasteiger partial charge in [0.2, 0.25) is 0 Å². The van der Waals surface area contributed by atoms with Gasteiger partial charge in [0.05, 0.1) is 45.4 Å². The zero-order chi connectivity index (χ0) is 65.9. The number of hydrogen-bond acceptors (Lipinski definition) is 1. The Hall–Kier alpha value is -6.44. The molecule has 252 valence electrons. The molecule has 0 radical (unpaired) electrons. The topological polar surface area (TPSA) is 3.24 Å². The van der Waals surface area contributed by atoms with Crippen molar-refractivity contribution in [2.24, 2.45) is 0 Å². The SMILES string of the molecule is [2H]c1c(N(c2c([2H])c([2H])c(-c3c([2H])c([2H])c([2H])c([2H])c3[2H])c([2H])c2[2H])c2c([2H])c([2H])c([2H])c3c2-c2c([2H])c([2H])c([2H])c([2H])c2-c2c([2H])c([2H])c([2H])c([2H])c2-c2c([2H])c([2H])c([2H])c([2H])c2-3)cc2c(c1[2H])-c1c([2H])c(C)c([2H])c([2H])c1C2(C([2H])([2H])[2H])C([2H])([2H])[2H]. The van der Waals surface area contributed by atoms with Gasteiger partial charge in [-0.05, 0) is 109 Å². The Labute approximate surface area is 361 Å². The second kappa shape index (κ2) is 12.1. The van der Waals surface area contributed by atoms with Crippen molar-refractivity contribution in [2.45, 2.75) is 26.0 Å². The van der Waals surface area contributed by atoms with E-state index >= 15 is 0 Å². The summed E-state index contributed by atoms with van der Waals surface area (Å²) in [5.74, 6) is 0. The first-order chi connectivity index (χ1) is 40.5. The lowest BCUT2D eigenvalue weighted by molar-refractivity contribution is 0.660. The molecule has 1 heteroatoms. The predicted molar refractivity (Wildman–Crippen MR) is 224 cm³/mol. The van der Waals surface area contributed by atoms with Crippen molar-refractivity contribution in [3.63, 3.8) is 0 Å². The van der Waals surface area contributed by atoms with Crippen LogP contribution in [0.1, 0.15) is 78.4 Å². The number of nitrogens with zero attached hydrogens (tertiary/aromatic N) is 1. The van der Waals surface area contributed by atoms with Gasteiger partial charge in [-0.15, -0.1) is 0 Å². The van der Waals surface area contributed by atoms with Gasteiger partial charge < -0.3 is 4.90 Å². The summed E-state index contributed by atoms with van der Waals surface area (Å²) < 4.78 is 324. The molecule has 0 fully saturated rings. The molecule has 0 aromatic heterocycles. The van der Waals surface area contributed by atoms with Crippen molar-refractivity contribution < 1.29 is 48.0 Å². The molecule has 0 atom stereocenters. The largest absolute Gasteiger partial charge is 0.310 e. The number of benzene rings is 8. The first kappa shape index (κ1) is 11.8. The van der Waals surface area contributed by atoms with Gasteiger partial charge in [0.15, 0.2) is 0 Å². The molecule has 0 saturated heterocycles. The van der Waals surface area contributed by atoms with E-state index in [1.165, 1.54) is 0 Å². The second-order valence-electron chi connectivity index (χ2n) is 11.9. The molecule has 8 aromatic carbocycles. The summed E-state index contributed by atoms with van der Waals surface area (Å²) in [6, 6.07) is -32.9. The van der Waals surface area contributed by atoms with Crippen molar-refractivity contribution in [2.75, 3.05) is 4.90 Å². The number of hydrogen-bond donors (Lipinski definition) is 0. The summed E-state index contributed by atoms with van der Waals surface area (Å²) in [5, 5.41) is 0. The molecule has 1 nitrogen and oxygen atoms in total. The zero-order valence-corrected chi connectivity index (χ0v) is 27.0. The van der Waals surface area contributed by atoms with Crippen LogP contribution in [-0.2, 0) is 5.41 Å². The van der Waals surface area contributed by atoms with Crippen LogP contribution in [0, 0.1) is 6.92 Å². The number of anilines is 3. The van der Waals surface area contributed by atoms with Gasteiger partial charge in [-0.1, -0.05) is 170 Å². The highest BCUT2D eigenvalue weighted by Crippen LogP contribution is 2.54. The van der Waals surface area contributed by atoms with Gasteiger partial charge in [-0.3, -0.25) is 0 Å². The van der Waals surface area contributed by atoms with E-state index < -0.39 is 289 Å². The molecule has 10 rings (SSSR count). The Morgan fingerprint density at radius 2 is 0.981 bits per heavy atom. The quantitative estimate of drug-likeness (QED) is 0.176. The van der Waals surface area contributed by atoms with Crippen molar-refractivity contribution in [1.29, 1.82) is 0 Å². The minimum absolute atomic E-state index is 0.308. The lowest BCUT2D eigenvalue weighted by Crippen LogP contribution is -2.17. The highest BCUT2D eigenvalue weighted by molar-refractivity contribution is 6.07. The Balaban J connectivity index is 1.58. The first-order valence-corrected chi connectivity index (χ1v) is 15.7. The molecule has 2 aliphatic carbocycles. The van der Waals surface area contributed by atoms with Gasteiger partial charge in [-0.2, -0.15) is 0 Å². The number of rotatable bonds is 4.